The van der Waals surface area contributed by atoms with Crippen molar-refractivity contribution in [2.45, 2.75) is 82.8 Å². The van der Waals surface area contributed by atoms with E-state index in [1.165, 1.54) is 50.7 Å². The smallest absolute Gasteiger partial charge is 0.323 e. The molecule has 26 heavy (non-hydrogen) atoms. The van der Waals surface area contributed by atoms with Gasteiger partial charge in [0.1, 0.15) is 0 Å². The minimum Gasteiger partial charge on any atom is -0.339 e. The van der Waals surface area contributed by atoms with Crippen LogP contribution in [0.3, 0.4) is 0 Å². The predicted octanol–water partition coefficient (Wildman–Crippen LogP) is 5.39. The lowest BCUT2D eigenvalue weighted by molar-refractivity contribution is -0.313. The highest BCUT2D eigenvalue weighted by atomic mass is 32.2. The van der Waals surface area contributed by atoms with E-state index in [4.69, 9.17) is 14.0 Å². The Morgan fingerprint density at radius 3 is 2.12 bits per heavy atom. The molecule has 1 rings (SSSR count). The van der Waals surface area contributed by atoms with Crippen LogP contribution in [0.1, 0.15) is 70.3 Å². The number of unbranched alkanes of at least 4 members (excludes halogenated alkanes) is 7. The van der Waals surface area contributed by atoms with Crippen molar-refractivity contribution < 1.29 is 22.4 Å². The molecule has 1 atom stereocenters. The number of thiol groups is 1. The summed E-state index contributed by atoms with van der Waals surface area (Å²) in [6.45, 7) is 4.09. The molecule has 150 valence electrons. The van der Waals surface area contributed by atoms with E-state index in [-0.39, 0.29) is 10.8 Å². The van der Waals surface area contributed by atoms with E-state index in [1.54, 1.807) is 12.1 Å². The molecule has 0 spiro atoms. The van der Waals surface area contributed by atoms with Gasteiger partial charge in [-0.15, -0.1) is 4.33 Å². The quantitative estimate of drug-likeness (QED) is 0.140. The second-order valence-electron chi connectivity index (χ2n) is 6.42. The molecule has 0 saturated heterocycles. The first-order chi connectivity index (χ1) is 12.5. The Kier molecular flexibility index (Phi) is 12.2. The Hall–Kier alpha value is -0.600. The highest BCUT2D eigenvalue weighted by Crippen LogP contribution is 2.17. The van der Waals surface area contributed by atoms with Crippen LogP contribution in [0.25, 0.3) is 0 Å². The van der Waals surface area contributed by atoms with Gasteiger partial charge in [-0.1, -0.05) is 69.6 Å². The standard InChI is InChI=1S/C19H32O5S2/c1-3-4-5-6-7-8-9-10-11-19(22-16-25)23-24-26(20,21)18-14-12-17(2)13-15-18/h12-15,19,25H,3-11,16H2,1-2H3. The molecule has 1 aromatic carbocycles. The SMILES string of the molecule is CCCCCCCCCCC(OCS)OOS(=O)(=O)c1ccc(C)cc1. The zero-order valence-electron chi connectivity index (χ0n) is 15.9. The summed E-state index contributed by atoms with van der Waals surface area (Å²) < 4.78 is 34.3. The largest absolute Gasteiger partial charge is 0.339 e. The number of aryl methyl sites for hydroxylation is 1. The summed E-state index contributed by atoms with van der Waals surface area (Å²) in [5, 5.41) is 0. The summed E-state index contributed by atoms with van der Waals surface area (Å²) in [7, 11) is -3.97. The maximum Gasteiger partial charge on any atom is 0.323 e. The van der Waals surface area contributed by atoms with Crippen LogP contribution in [0.15, 0.2) is 29.2 Å². The molecule has 0 radical (unpaired) electrons. The van der Waals surface area contributed by atoms with Crippen molar-refractivity contribution in [2.75, 3.05) is 5.94 Å². The molecular formula is C19H32O5S2. The van der Waals surface area contributed by atoms with Gasteiger partial charge in [0.25, 0.3) is 0 Å². The third kappa shape index (κ3) is 9.92. The highest BCUT2D eigenvalue weighted by molar-refractivity contribution is 7.86. The third-order valence-electron chi connectivity index (χ3n) is 4.10. The average Bonchev–Trinajstić information content (AvgIpc) is 2.62. The van der Waals surface area contributed by atoms with E-state index in [0.717, 1.165) is 18.4 Å². The summed E-state index contributed by atoms with van der Waals surface area (Å²) in [6.07, 6.45) is 9.31. The summed E-state index contributed by atoms with van der Waals surface area (Å²) in [6, 6.07) is 6.39. The molecule has 1 aromatic rings. The lowest BCUT2D eigenvalue weighted by Gasteiger charge is -2.15. The van der Waals surface area contributed by atoms with Crippen molar-refractivity contribution in [3.63, 3.8) is 0 Å². The topological polar surface area (TPSA) is 61.8 Å². The van der Waals surface area contributed by atoms with Gasteiger partial charge in [-0.05, 0) is 25.5 Å². The van der Waals surface area contributed by atoms with Crippen molar-refractivity contribution in [1.29, 1.82) is 0 Å². The number of hydrogen-bond acceptors (Lipinski definition) is 6. The predicted molar refractivity (Wildman–Crippen MR) is 106 cm³/mol. The summed E-state index contributed by atoms with van der Waals surface area (Å²) >= 11 is 4.01. The van der Waals surface area contributed by atoms with Crippen molar-refractivity contribution in [3.05, 3.63) is 29.8 Å². The Morgan fingerprint density at radius 1 is 0.962 bits per heavy atom. The molecule has 0 fully saturated rings. The molecule has 0 bridgehead atoms. The number of rotatable bonds is 15. The van der Waals surface area contributed by atoms with Crippen molar-refractivity contribution in [1.82, 2.24) is 0 Å². The molecule has 0 amide bonds. The van der Waals surface area contributed by atoms with Gasteiger partial charge in [0.2, 0.25) is 0 Å². The number of ether oxygens (including phenoxy) is 1. The zero-order valence-corrected chi connectivity index (χ0v) is 17.6. The van der Waals surface area contributed by atoms with Crippen LogP contribution in [-0.4, -0.2) is 20.6 Å². The number of benzene rings is 1. The van der Waals surface area contributed by atoms with Gasteiger partial charge < -0.3 is 4.74 Å². The normalized spacial score (nSPS) is 13.0. The fourth-order valence-corrected chi connectivity index (χ4v) is 3.43. The summed E-state index contributed by atoms with van der Waals surface area (Å²) in [4.78, 5) is 5.09. The molecule has 7 heteroatoms. The molecule has 0 aliphatic carbocycles. The van der Waals surface area contributed by atoms with Crippen LogP contribution >= 0.6 is 12.6 Å². The molecule has 0 aliphatic rings. The molecular weight excluding hydrogens is 372 g/mol. The van der Waals surface area contributed by atoms with Gasteiger partial charge in [0.05, 0.1) is 10.8 Å². The highest BCUT2D eigenvalue weighted by Gasteiger charge is 2.20. The molecule has 0 aromatic heterocycles. The third-order valence-corrected chi connectivity index (χ3v) is 5.36. The van der Waals surface area contributed by atoms with Crippen molar-refractivity contribution in [2.24, 2.45) is 0 Å². The minimum atomic E-state index is -3.97. The van der Waals surface area contributed by atoms with Gasteiger partial charge >= 0.3 is 10.1 Å². The summed E-state index contributed by atoms with van der Waals surface area (Å²) in [5.74, 6) is 0.135. The molecule has 0 saturated carbocycles. The second kappa shape index (κ2) is 13.6. The van der Waals surface area contributed by atoms with Crippen LogP contribution in [0.4, 0.5) is 0 Å². The Labute approximate surface area is 163 Å². The molecule has 0 heterocycles. The first kappa shape index (κ1) is 23.4. The van der Waals surface area contributed by atoms with Crippen LogP contribution in [-0.2, 0) is 24.1 Å². The average molecular weight is 405 g/mol. The Balaban J connectivity index is 2.32. The second-order valence-corrected chi connectivity index (χ2v) is 8.19. The fourth-order valence-electron chi connectivity index (χ4n) is 2.53. The lowest BCUT2D eigenvalue weighted by atomic mass is 10.1. The Bertz CT molecular complexity index is 572. The van der Waals surface area contributed by atoms with E-state index in [1.807, 2.05) is 6.92 Å². The van der Waals surface area contributed by atoms with Crippen LogP contribution in [0, 0.1) is 6.92 Å². The van der Waals surface area contributed by atoms with Gasteiger partial charge in [-0.25, -0.2) is 0 Å². The Morgan fingerprint density at radius 2 is 1.54 bits per heavy atom. The van der Waals surface area contributed by atoms with Gasteiger partial charge in [-0.2, -0.15) is 25.9 Å². The van der Waals surface area contributed by atoms with Gasteiger partial charge in [0, 0.05) is 6.42 Å². The zero-order chi connectivity index (χ0) is 19.3. The van der Waals surface area contributed by atoms with Gasteiger partial charge in [-0.3, -0.25) is 0 Å². The van der Waals surface area contributed by atoms with E-state index in [9.17, 15) is 8.42 Å². The maximum atomic E-state index is 12.1. The van der Waals surface area contributed by atoms with Gasteiger partial charge in [0.15, 0.2) is 6.29 Å². The molecule has 0 aliphatic heterocycles. The van der Waals surface area contributed by atoms with E-state index < -0.39 is 16.4 Å². The van der Waals surface area contributed by atoms with E-state index in [0.29, 0.717) is 6.42 Å². The first-order valence-corrected chi connectivity index (χ1v) is 11.4. The van der Waals surface area contributed by atoms with E-state index in [2.05, 4.69) is 19.6 Å². The van der Waals surface area contributed by atoms with Crippen molar-refractivity contribution >= 4 is 22.7 Å². The summed E-state index contributed by atoms with van der Waals surface area (Å²) in [5.41, 5.74) is 0.968. The lowest BCUT2D eigenvalue weighted by Crippen LogP contribution is -2.20. The molecule has 1 unspecified atom stereocenters. The molecule has 0 N–H and O–H groups in total. The van der Waals surface area contributed by atoms with Crippen LogP contribution in [0.5, 0.6) is 0 Å². The minimum absolute atomic E-state index is 0.0554. The maximum absolute atomic E-state index is 12.1. The number of hydrogen-bond donors (Lipinski definition) is 1. The van der Waals surface area contributed by atoms with Crippen LogP contribution in [0.2, 0.25) is 0 Å². The van der Waals surface area contributed by atoms with E-state index >= 15 is 0 Å². The van der Waals surface area contributed by atoms with Crippen molar-refractivity contribution in [3.8, 4) is 0 Å². The fraction of sp³-hybridized carbons (Fsp3) is 0.684. The monoisotopic (exact) mass is 404 g/mol. The first-order valence-electron chi connectivity index (χ1n) is 9.38. The molecule has 5 nitrogen and oxygen atoms in total. The van der Waals surface area contributed by atoms with Crippen LogP contribution < -0.4 is 0 Å².